The van der Waals surface area contributed by atoms with Crippen LogP contribution in [0.4, 0.5) is 0 Å². The van der Waals surface area contributed by atoms with Crippen LogP contribution in [0.1, 0.15) is 93.9 Å². The molecular weight excluding hydrogens is 320 g/mol. The van der Waals surface area contributed by atoms with Crippen molar-refractivity contribution in [3.05, 3.63) is 0 Å². The fourth-order valence-corrected chi connectivity index (χ4v) is 1.99. The zero-order valence-corrected chi connectivity index (χ0v) is 17.7. The average Bonchev–Trinajstić information content (AvgIpc) is 2.55. The van der Waals surface area contributed by atoms with E-state index in [1.165, 1.54) is 6.92 Å². The van der Waals surface area contributed by atoms with E-state index >= 15 is 0 Å². The summed E-state index contributed by atoms with van der Waals surface area (Å²) in [5, 5.41) is 8.36. The van der Waals surface area contributed by atoms with Gasteiger partial charge in [0.25, 0.3) is 0 Å². The van der Waals surface area contributed by atoms with Gasteiger partial charge in [-0.2, -0.15) is 0 Å². The molecule has 0 aromatic rings. The molecule has 1 aliphatic rings. The fraction of sp³-hybridized carbons (Fsp3) is 0.950. The van der Waals surface area contributed by atoms with Crippen molar-refractivity contribution in [1.82, 2.24) is 0 Å². The van der Waals surface area contributed by atoms with Crippen LogP contribution in [0.25, 0.3) is 0 Å². The van der Waals surface area contributed by atoms with Gasteiger partial charge in [0.1, 0.15) is 0 Å². The summed E-state index contributed by atoms with van der Waals surface area (Å²) in [4.78, 5) is 10.2. The van der Waals surface area contributed by atoms with Crippen molar-refractivity contribution < 1.29 is 24.1 Å². The van der Waals surface area contributed by atoms with Gasteiger partial charge in [-0.05, 0) is 52.9 Å². The highest BCUT2D eigenvalue weighted by Gasteiger charge is 2.25. The Morgan fingerprint density at radius 2 is 1.72 bits per heavy atom. The molecule has 1 rings (SSSR count). The molecule has 0 aromatic carbocycles. The fourth-order valence-electron chi connectivity index (χ4n) is 1.99. The van der Waals surface area contributed by atoms with Crippen molar-refractivity contribution in [3.8, 4) is 0 Å². The van der Waals surface area contributed by atoms with E-state index in [4.69, 9.17) is 19.3 Å². The SMILES string of the molecule is CCC(C)O.CCC(C)OC(C)=O.CCCC1OC(C)CC(CC)O1. The maximum Gasteiger partial charge on any atom is 0.302 e. The molecule has 0 aromatic heterocycles. The van der Waals surface area contributed by atoms with Crippen LogP contribution in [0.15, 0.2) is 0 Å². The Bertz CT molecular complexity index is 306. The van der Waals surface area contributed by atoms with Crippen molar-refractivity contribution >= 4 is 5.97 Å². The number of rotatable bonds is 6. The Labute approximate surface area is 155 Å². The number of esters is 1. The molecule has 1 aliphatic heterocycles. The Hall–Kier alpha value is -0.650. The van der Waals surface area contributed by atoms with Crippen LogP contribution in [0, 0.1) is 0 Å². The lowest BCUT2D eigenvalue weighted by molar-refractivity contribution is -0.240. The normalized spacial score (nSPS) is 24.8. The van der Waals surface area contributed by atoms with E-state index in [-0.39, 0.29) is 24.5 Å². The number of hydrogen-bond donors (Lipinski definition) is 1. The van der Waals surface area contributed by atoms with Crippen molar-refractivity contribution in [2.45, 2.75) is 125 Å². The second-order valence-corrected chi connectivity index (χ2v) is 6.65. The van der Waals surface area contributed by atoms with Gasteiger partial charge in [-0.3, -0.25) is 4.79 Å². The summed E-state index contributed by atoms with van der Waals surface area (Å²) in [6, 6.07) is 0. The first-order chi connectivity index (χ1) is 11.7. The summed E-state index contributed by atoms with van der Waals surface area (Å²) >= 11 is 0. The minimum atomic E-state index is -0.195. The lowest BCUT2D eigenvalue weighted by Crippen LogP contribution is -2.36. The molecular formula is C20H42O5. The summed E-state index contributed by atoms with van der Waals surface area (Å²) in [7, 11) is 0. The number of hydrogen-bond acceptors (Lipinski definition) is 5. The molecule has 152 valence electrons. The summed E-state index contributed by atoms with van der Waals surface area (Å²) in [5.74, 6) is -0.195. The van der Waals surface area contributed by atoms with Crippen LogP contribution in [-0.2, 0) is 19.0 Å². The average molecular weight is 363 g/mol. The predicted molar refractivity (Wildman–Crippen MR) is 103 cm³/mol. The van der Waals surface area contributed by atoms with Crippen LogP contribution in [0.5, 0.6) is 0 Å². The molecule has 1 saturated heterocycles. The van der Waals surface area contributed by atoms with E-state index in [0.717, 1.165) is 38.5 Å². The van der Waals surface area contributed by atoms with E-state index in [9.17, 15) is 4.79 Å². The predicted octanol–water partition coefficient (Wildman–Crippen LogP) is 4.84. The molecule has 0 spiro atoms. The molecule has 0 bridgehead atoms. The first-order valence-electron chi connectivity index (χ1n) is 9.85. The molecule has 5 atom stereocenters. The molecule has 1 N–H and O–H groups in total. The molecule has 0 aliphatic carbocycles. The largest absolute Gasteiger partial charge is 0.463 e. The molecule has 5 nitrogen and oxygen atoms in total. The third kappa shape index (κ3) is 18.0. The van der Waals surface area contributed by atoms with E-state index in [2.05, 4.69) is 20.8 Å². The first kappa shape index (κ1) is 26.6. The standard InChI is InChI=1S/C10H20O2.C6H12O2.C4H10O/c1-4-6-10-11-8(3)7-9(5-2)12-10;1-4-5(2)8-6(3)7;1-3-4(2)5/h8-10H,4-7H2,1-3H3;5H,4H2,1-3H3;4-5H,3H2,1-2H3. The smallest absolute Gasteiger partial charge is 0.302 e. The summed E-state index contributed by atoms with van der Waals surface area (Å²) in [6.07, 6.45) is 6.88. The monoisotopic (exact) mass is 362 g/mol. The summed E-state index contributed by atoms with van der Waals surface area (Å²) in [6.45, 7) is 15.5. The van der Waals surface area contributed by atoms with Gasteiger partial charge in [0.15, 0.2) is 6.29 Å². The molecule has 25 heavy (non-hydrogen) atoms. The Balaban J connectivity index is 0. The van der Waals surface area contributed by atoms with Gasteiger partial charge in [-0.1, -0.05) is 34.1 Å². The van der Waals surface area contributed by atoms with Gasteiger partial charge in [-0.15, -0.1) is 0 Å². The van der Waals surface area contributed by atoms with Crippen molar-refractivity contribution in [1.29, 1.82) is 0 Å². The highest BCUT2D eigenvalue weighted by Crippen LogP contribution is 2.22. The van der Waals surface area contributed by atoms with E-state index in [1.54, 1.807) is 6.92 Å². The molecule has 0 saturated carbocycles. The van der Waals surface area contributed by atoms with Gasteiger partial charge in [0.2, 0.25) is 0 Å². The minimum Gasteiger partial charge on any atom is -0.463 e. The zero-order valence-electron chi connectivity index (χ0n) is 17.7. The number of aliphatic hydroxyl groups excluding tert-OH is 1. The quantitative estimate of drug-likeness (QED) is 0.685. The molecule has 1 fully saturated rings. The maximum absolute atomic E-state index is 10.2. The van der Waals surface area contributed by atoms with Crippen LogP contribution in [0.3, 0.4) is 0 Å². The highest BCUT2D eigenvalue weighted by molar-refractivity contribution is 5.66. The summed E-state index contributed by atoms with van der Waals surface area (Å²) in [5.41, 5.74) is 0. The third-order valence-electron chi connectivity index (χ3n) is 3.84. The van der Waals surface area contributed by atoms with Crippen LogP contribution >= 0.6 is 0 Å². The van der Waals surface area contributed by atoms with Crippen molar-refractivity contribution in [3.63, 3.8) is 0 Å². The second-order valence-electron chi connectivity index (χ2n) is 6.65. The van der Waals surface area contributed by atoms with Gasteiger partial charge in [0.05, 0.1) is 24.4 Å². The number of ether oxygens (including phenoxy) is 3. The topological polar surface area (TPSA) is 65.0 Å². The molecule has 0 radical (unpaired) electrons. The van der Waals surface area contributed by atoms with Gasteiger partial charge in [0, 0.05) is 6.92 Å². The Morgan fingerprint density at radius 3 is 2.04 bits per heavy atom. The van der Waals surface area contributed by atoms with Crippen LogP contribution in [0.2, 0.25) is 0 Å². The zero-order chi connectivity index (χ0) is 19.8. The number of aliphatic hydroxyl groups is 1. The molecule has 5 unspecified atom stereocenters. The molecule has 1 heterocycles. The van der Waals surface area contributed by atoms with E-state index in [0.29, 0.717) is 12.2 Å². The Kier molecular flexibility index (Phi) is 17.9. The highest BCUT2D eigenvalue weighted by atomic mass is 16.7. The van der Waals surface area contributed by atoms with Crippen molar-refractivity contribution in [2.75, 3.05) is 0 Å². The van der Waals surface area contributed by atoms with Gasteiger partial charge < -0.3 is 19.3 Å². The van der Waals surface area contributed by atoms with Gasteiger partial charge in [-0.25, -0.2) is 0 Å². The number of carbonyl (C=O) groups is 1. The minimum absolute atomic E-state index is 0.0590. The Morgan fingerprint density at radius 1 is 1.16 bits per heavy atom. The van der Waals surface area contributed by atoms with E-state index < -0.39 is 0 Å². The number of carbonyl (C=O) groups excluding carboxylic acids is 1. The van der Waals surface area contributed by atoms with Crippen LogP contribution in [-0.4, -0.2) is 41.8 Å². The lowest BCUT2D eigenvalue weighted by atomic mass is 10.1. The second kappa shape index (κ2) is 16.8. The maximum atomic E-state index is 10.2. The summed E-state index contributed by atoms with van der Waals surface area (Å²) < 4.78 is 16.1. The van der Waals surface area contributed by atoms with Crippen LogP contribution < -0.4 is 0 Å². The lowest BCUT2D eigenvalue weighted by Gasteiger charge is -2.33. The van der Waals surface area contributed by atoms with Crippen molar-refractivity contribution in [2.24, 2.45) is 0 Å². The van der Waals surface area contributed by atoms with E-state index in [1.807, 2.05) is 20.8 Å². The first-order valence-corrected chi connectivity index (χ1v) is 9.85. The third-order valence-corrected chi connectivity index (χ3v) is 3.84. The van der Waals surface area contributed by atoms with Gasteiger partial charge >= 0.3 is 5.97 Å². The molecule has 5 heteroatoms. The molecule has 0 amide bonds.